The van der Waals surface area contributed by atoms with E-state index >= 15 is 0 Å². The van der Waals surface area contributed by atoms with Gasteiger partial charge >= 0.3 is 0 Å². The predicted octanol–water partition coefficient (Wildman–Crippen LogP) is 2.76. The number of hydrogen-bond acceptors (Lipinski definition) is 2. The zero-order valence-corrected chi connectivity index (χ0v) is 12.6. The summed E-state index contributed by atoms with van der Waals surface area (Å²) in [6.45, 7) is 12.7. The summed E-state index contributed by atoms with van der Waals surface area (Å²) in [7, 11) is 0. The van der Waals surface area contributed by atoms with Crippen LogP contribution in [0.25, 0.3) is 0 Å². The Labute approximate surface area is 113 Å². The molecule has 0 saturated carbocycles. The number of hydrogen-bond donors (Lipinski definition) is 0. The number of rotatable bonds is 5. The number of nitrogens with zero attached hydrogens (tertiary/aromatic N) is 2. The van der Waals surface area contributed by atoms with Crippen LogP contribution in [-0.4, -0.2) is 47.9 Å². The summed E-state index contributed by atoms with van der Waals surface area (Å²) in [5, 5.41) is 0. The molecule has 1 amide bonds. The lowest BCUT2D eigenvalue weighted by Gasteiger charge is -2.30. The van der Waals surface area contributed by atoms with Crippen molar-refractivity contribution in [3.8, 4) is 0 Å². The van der Waals surface area contributed by atoms with E-state index < -0.39 is 0 Å². The molecule has 0 N–H and O–H groups in total. The van der Waals surface area contributed by atoms with Crippen molar-refractivity contribution < 1.29 is 4.79 Å². The molecule has 0 spiro atoms. The van der Waals surface area contributed by atoms with Crippen LogP contribution in [0.3, 0.4) is 0 Å². The average molecular weight is 254 g/mol. The smallest absolute Gasteiger partial charge is 0.219 e. The standard InChI is InChI=1S/C15H30N2O/c1-5-7-8-9-16-10-13(3)11-17(14(4)18)15(6-2)12-16/h13,15H,5-12H2,1-4H3. The highest BCUT2D eigenvalue weighted by molar-refractivity contribution is 5.73. The van der Waals surface area contributed by atoms with Crippen LogP contribution in [0.15, 0.2) is 0 Å². The third-order valence-electron chi connectivity index (χ3n) is 3.94. The maximum Gasteiger partial charge on any atom is 0.219 e. The lowest BCUT2D eigenvalue weighted by atomic mass is 10.1. The van der Waals surface area contributed by atoms with Crippen molar-refractivity contribution in [1.29, 1.82) is 0 Å². The maximum atomic E-state index is 11.7. The molecular formula is C15H30N2O. The molecule has 0 aromatic heterocycles. The van der Waals surface area contributed by atoms with E-state index in [9.17, 15) is 4.79 Å². The Balaban J connectivity index is 2.60. The van der Waals surface area contributed by atoms with Gasteiger partial charge in [-0.05, 0) is 25.3 Å². The molecule has 0 bridgehead atoms. The van der Waals surface area contributed by atoms with Gasteiger partial charge in [-0.1, -0.05) is 33.6 Å². The Morgan fingerprint density at radius 1 is 1.17 bits per heavy atom. The van der Waals surface area contributed by atoms with E-state index in [1.54, 1.807) is 6.92 Å². The van der Waals surface area contributed by atoms with Gasteiger partial charge in [0.1, 0.15) is 0 Å². The van der Waals surface area contributed by atoms with E-state index in [1.807, 2.05) is 0 Å². The first-order valence-electron chi connectivity index (χ1n) is 7.58. The van der Waals surface area contributed by atoms with E-state index in [2.05, 4.69) is 30.6 Å². The van der Waals surface area contributed by atoms with Gasteiger partial charge in [0.2, 0.25) is 5.91 Å². The van der Waals surface area contributed by atoms with Gasteiger partial charge in [-0.15, -0.1) is 0 Å². The molecule has 106 valence electrons. The SMILES string of the molecule is CCCCCN1CC(C)CN(C(C)=O)C(CC)C1. The van der Waals surface area contributed by atoms with Crippen LogP contribution in [-0.2, 0) is 4.79 Å². The summed E-state index contributed by atoms with van der Waals surface area (Å²) in [5.41, 5.74) is 0. The Bertz CT molecular complexity index is 255. The highest BCUT2D eigenvalue weighted by Gasteiger charge is 2.28. The fourth-order valence-corrected chi connectivity index (χ4v) is 2.96. The summed E-state index contributed by atoms with van der Waals surface area (Å²) in [6.07, 6.45) is 4.95. The molecule has 18 heavy (non-hydrogen) atoms. The van der Waals surface area contributed by atoms with Gasteiger partial charge in [0.15, 0.2) is 0 Å². The fraction of sp³-hybridized carbons (Fsp3) is 0.933. The summed E-state index contributed by atoms with van der Waals surface area (Å²) >= 11 is 0. The van der Waals surface area contributed by atoms with Crippen LogP contribution in [0, 0.1) is 5.92 Å². The minimum atomic E-state index is 0.240. The summed E-state index contributed by atoms with van der Waals surface area (Å²) in [4.78, 5) is 16.4. The monoisotopic (exact) mass is 254 g/mol. The highest BCUT2D eigenvalue weighted by atomic mass is 16.2. The van der Waals surface area contributed by atoms with E-state index in [4.69, 9.17) is 0 Å². The second-order valence-electron chi connectivity index (χ2n) is 5.81. The van der Waals surface area contributed by atoms with Crippen molar-refractivity contribution in [2.75, 3.05) is 26.2 Å². The second-order valence-corrected chi connectivity index (χ2v) is 5.81. The van der Waals surface area contributed by atoms with Gasteiger partial charge in [0, 0.05) is 32.6 Å². The lowest BCUT2D eigenvalue weighted by molar-refractivity contribution is -0.131. The van der Waals surface area contributed by atoms with Crippen molar-refractivity contribution in [1.82, 2.24) is 9.80 Å². The van der Waals surface area contributed by atoms with Gasteiger partial charge in [-0.3, -0.25) is 4.79 Å². The molecule has 1 aliphatic rings. The average Bonchev–Trinajstić information content (AvgIpc) is 2.48. The summed E-state index contributed by atoms with van der Waals surface area (Å²) in [5.74, 6) is 0.830. The van der Waals surface area contributed by atoms with Gasteiger partial charge in [0.25, 0.3) is 0 Å². The summed E-state index contributed by atoms with van der Waals surface area (Å²) in [6, 6.07) is 0.411. The van der Waals surface area contributed by atoms with Crippen LogP contribution in [0.5, 0.6) is 0 Å². The van der Waals surface area contributed by atoms with E-state index in [-0.39, 0.29) is 5.91 Å². The molecule has 2 atom stereocenters. The van der Waals surface area contributed by atoms with Crippen molar-refractivity contribution in [2.24, 2.45) is 5.92 Å². The molecule has 1 fully saturated rings. The largest absolute Gasteiger partial charge is 0.338 e. The first kappa shape index (κ1) is 15.5. The first-order chi connectivity index (χ1) is 8.58. The van der Waals surface area contributed by atoms with Crippen LogP contribution < -0.4 is 0 Å². The van der Waals surface area contributed by atoms with Gasteiger partial charge < -0.3 is 9.80 Å². The minimum Gasteiger partial charge on any atom is -0.338 e. The molecule has 3 heteroatoms. The van der Waals surface area contributed by atoms with Crippen molar-refractivity contribution in [3.63, 3.8) is 0 Å². The van der Waals surface area contributed by atoms with E-state index in [1.165, 1.54) is 25.8 Å². The van der Waals surface area contributed by atoms with Gasteiger partial charge in [0.05, 0.1) is 0 Å². The third-order valence-corrected chi connectivity index (χ3v) is 3.94. The molecule has 1 aliphatic heterocycles. The molecule has 0 aromatic carbocycles. The molecular weight excluding hydrogens is 224 g/mol. The zero-order chi connectivity index (χ0) is 13.5. The van der Waals surface area contributed by atoms with Crippen LogP contribution in [0.2, 0.25) is 0 Å². The number of unbranched alkanes of at least 4 members (excludes halogenated alkanes) is 2. The third kappa shape index (κ3) is 4.60. The Morgan fingerprint density at radius 3 is 2.44 bits per heavy atom. The first-order valence-corrected chi connectivity index (χ1v) is 7.58. The molecule has 2 unspecified atom stereocenters. The lowest BCUT2D eigenvalue weighted by Crippen LogP contribution is -2.43. The number of carbonyl (C=O) groups excluding carboxylic acids is 1. The maximum absolute atomic E-state index is 11.7. The second kappa shape index (κ2) is 7.78. The summed E-state index contributed by atoms with van der Waals surface area (Å²) < 4.78 is 0. The van der Waals surface area contributed by atoms with Crippen molar-refractivity contribution in [2.45, 2.75) is 59.4 Å². The van der Waals surface area contributed by atoms with Crippen LogP contribution >= 0.6 is 0 Å². The molecule has 0 radical (unpaired) electrons. The van der Waals surface area contributed by atoms with Crippen molar-refractivity contribution >= 4 is 5.91 Å². The topological polar surface area (TPSA) is 23.6 Å². The molecule has 0 aromatic rings. The Hall–Kier alpha value is -0.570. The molecule has 3 nitrogen and oxygen atoms in total. The highest BCUT2D eigenvalue weighted by Crippen LogP contribution is 2.17. The molecule has 1 rings (SSSR count). The van der Waals surface area contributed by atoms with E-state index in [0.717, 1.165) is 26.1 Å². The van der Waals surface area contributed by atoms with Gasteiger partial charge in [-0.25, -0.2) is 0 Å². The molecule has 1 saturated heterocycles. The Kier molecular flexibility index (Phi) is 6.69. The van der Waals surface area contributed by atoms with Crippen molar-refractivity contribution in [3.05, 3.63) is 0 Å². The normalized spacial score (nSPS) is 26.1. The predicted molar refractivity (Wildman–Crippen MR) is 76.6 cm³/mol. The number of amides is 1. The van der Waals surface area contributed by atoms with Crippen LogP contribution in [0.4, 0.5) is 0 Å². The van der Waals surface area contributed by atoms with Crippen LogP contribution in [0.1, 0.15) is 53.4 Å². The fourth-order valence-electron chi connectivity index (χ4n) is 2.96. The molecule has 0 aliphatic carbocycles. The Morgan fingerprint density at radius 2 is 1.89 bits per heavy atom. The van der Waals surface area contributed by atoms with Gasteiger partial charge in [-0.2, -0.15) is 0 Å². The van der Waals surface area contributed by atoms with E-state index in [0.29, 0.717) is 12.0 Å². The molecule has 1 heterocycles. The number of carbonyl (C=O) groups is 1. The zero-order valence-electron chi connectivity index (χ0n) is 12.6. The quantitative estimate of drug-likeness (QED) is 0.704. The minimum absolute atomic E-state index is 0.240.